The van der Waals surface area contributed by atoms with Gasteiger partial charge in [0, 0.05) is 31.4 Å². The smallest absolute Gasteiger partial charge is 0.221 e. The number of hydrazine groups is 1. The van der Waals surface area contributed by atoms with Gasteiger partial charge in [0.15, 0.2) is 15.5 Å². The normalized spacial score (nSPS) is 28.1. The molecule has 1 aromatic rings. The number of anilines is 1. The highest BCUT2D eigenvalue weighted by Crippen LogP contribution is 2.48. The first-order valence-electron chi connectivity index (χ1n) is 11.3. The Labute approximate surface area is 183 Å². The maximum absolute atomic E-state index is 13.0. The molecule has 0 aromatic heterocycles. The number of rotatable bonds is 7. The van der Waals surface area contributed by atoms with E-state index in [9.17, 15) is 18.0 Å². The molecule has 7 nitrogen and oxygen atoms in total. The van der Waals surface area contributed by atoms with Crippen LogP contribution in [0.25, 0.3) is 0 Å². The van der Waals surface area contributed by atoms with E-state index in [1.165, 1.54) is 0 Å². The SMILES string of the molecule is CCC(=O)NC1([C@@H]2CCC(=O)C2)C=CNN1c1ccc(S(=O)(=O)C2CC2)c(C2CC2)c1. The molecule has 3 aliphatic carbocycles. The molecule has 3 fully saturated rings. The number of ketones is 1. The summed E-state index contributed by atoms with van der Waals surface area (Å²) < 4.78 is 26.0. The van der Waals surface area contributed by atoms with Crippen molar-refractivity contribution >= 4 is 27.2 Å². The van der Waals surface area contributed by atoms with E-state index in [0.29, 0.717) is 30.6 Å². The third-order valence-corrected chi connectivity index (χ3v) is 9.31. The summed E-state index contributed by atoms with van der Waals surface area (Å²) in [7, 11) is -3.29. The number of hydrogen-bond acceptors (Lipinski definition) is 6. The summed E-state index contributed by atoms with van der Waals surface area (Å²) in [5.74, 6) is 0.334. The van der Waals surface area contributed by atoms with Gasteiger partial charge in [0.25, 0.3) is 0 Å². The summed E-state index contributed by atoms with van der Waals surface area (Å²) in [6.45, 7) is 1.81. The molecule has 0 spiro atoms. The van der Waals surface area contributed by atoms with Crippen LogP contribution >= 0.6 is 0 Å². The van der Waals surface area contributed by atoms with Gasteiger partial charge in [-0.3, -0.25) is 14.6 Å². The van der Waals surface area contributed by atoms with Crippen molar-refractivity contribution in [3.63, 3.8) is 0 Å². The molecule has 5 rings (SSSR count). The number of Topliss-reactive ketones (excluding diaryl/α,β-unsaturated/α-hetero) is 1. The Hall–Kier alpha value is -2.35. The molecule has 1 aromatic carbocycles. The van der Waals surface area contributed by atoms with Crippen LogP contribution in [-0.2, 0) is 19.4 Å². The van der Waals surface area contributed by atoms with Gasteiger partial charge in [0.1, 0.15) is 5.78 Å². The fraction of sp³-hybridized carbons (Fsp3) is 0.565. The van der Waals surface area contributed by atoms with Gasteiger partial charge in [-0.2, -0.15) is 0 Å². The van der Waals surface area contributed by atoms with Gasteiger partial charge < -0.3 is 10.7 Å². The van der Waals surface area contributed by atoms with Crippen molar-refractivity contribution in [2.24, 2.45) is 5.92 Å². The first-order chi connectivity index (χ1) is 14.8. The number of nitrogens with zero attached hydrogens (tertiary/aromatic N) is 1. The third kappa shape index (κ3) is 3.54. The molecular weight excluding hydrogens is 414 g/mol. The molecule has 0 bridgehead atoms. The minimum atomic E-state index is -3.29. The lowest BCUT2D eigenvalue weighted by atomic mass is 9.89. The minimum Gasteiger partial charge on any atom is -0.328 e. The summed E-state index contributed by atoms with van der Waals surface area (Å²) in [4.78, 5) is 25.0. The van der Waals surface area contributed by atoms with Crippen molar-refractivity contribution in [3.05, 3.63) is 36.0 Å². The first-order valence-corrected chi connectivity index (χ1v) is 12.8. The van der Waals surface area contributed by atoms with Crippen molar-refractivity contribution < 1.29 is 18.0 Å². The standard InChI is InChI=1S/C23H29N3O4S/c1-2-22(28)25-23(16-5-7-18(27)13-16)11-12-24-26(23)17-6-10-21(20(14-17)15-3-4-15)31(29,30)19-8-9-19/h6,10-12,14-16,19,24H,2-5,7-9,13H2,1H3,(H,25,28)/t16-,23?/m1/s1. The lowest BCUT2D eigenvalue weighted by Gasteiger charge is -2.43. The second-order valence-corrected chi connectivity index (χ2v) is 11.4. The number of carbonyl (C=O) groups is 2. The number of benzene rings is 1. The lowest BCUT2D eigenvalue weighted by Crippen LogP contribution is -2.64. The number of sulfone groups is 1. The van der Waals surface area contributed by atoms with Gasteiger partial charge in [-0.15, -0.1) is 0 Å². The zero-order valence-corrected chi connectivity index (χ0v) is 18.6. The highest BCUT2D eigenvalue weighted by atomic mass is 32.2. The van der Waals surface area contributed by atoms with Gasteiger partial charge in [0.05, 0.1) is 15.8 Å². The maximum atomic E-state index is 13.0. The average Bonchev–Trinajstić information content (AvgIpc) is 3.68. The first kappa shape index (κ1) is 20.5. The van der Waals surface area contributed by atoms with Crippen LogP contribution in [0.5, 0.6) is 0 Å². The summed E-state index contributed by atoms with van der Waals surface area (Å²) in [5, 5.41) is 4.82. The van der Waals surface area contributed by atoms with E-state index >= 15 is 0 Å². The molecule has 31 heavy (non-hydrogen) atoms. The highest BCUT2D eigenvalue weighted by molar-refractivity contribution is 7.92. The van der Waals surface area contributed by atoms with E-state index in [0.717, 1.165) is 36.9 Å². The number of hydrogen-bond donors (Lipinski definition) is 2. The molecule has 1 amide bonds. The molecule has 166 valence electrons. The van der Waals surface area contributed by atoms with Crippen LogP contribution in [0, 0.1) is 5.92 Å². The van der Waals surface area contributed by atoms with Crippen molar-refractivity contribution in [2.45, 2.75) is 80.0 Å². The van der Waals surface area contributed by atoms with Gasteiger partial charge in [0.2, 0.25) is 5.91 Å². The van der Waals surface area contributed by atoms with Gasteiger partial charge in [-0.05, 0) is 67.9 Å². The van der Waals surface area contributed by atoms with E-state index in [4.69, 9.17) is 0 Å². The molecule has 1 unspecified atom stereocenters. The Bertz CT molecular complexity index is 1060. The molecule has 1 heterocycles. The molecule has 2 atom stereocenters. The maximum Gasteiger partial charge on any atom is 0.221 e. The van der Waals surface area contributed by atoms with Crippen LogP contribution in [0.3, 0.4) is 0 Å². The zero-order valence-electron chi connectivity index (χ0n) is 17.8. The van der Waals surface area contributed by atoms with Crippen molar-refractivity contribution in [3.8, 4) is 0 Å². The van der Waals surface area contributed by atoms with E-state index in [1.54, 1.807) is 12.3 Å². The predicted octanol–water partition coefficient (Wildman–Crippen LogP) is 2.93. The van der Waals surface area contributed by atoms with Crippen molar-refractivity contribution in [1.82, 2.24) is 10.7 Å². The average molecular weight is 444 g/mol. The molecule has 2 N–H and O–H groups in total. The topological polar surface area (TPSA) is 95.6 Å². The van der Waals surface area contributed by atoms with Crippen LogP contribution < -0.4 is 15.8 Å². The van der Waals surface area contributed by atoms with E-state index in [1.807, 2.05) is 30.1 Å². The van der Waals surface area contributed by atoms with Crippen LogP contribution in [0.4, 0.5) is 5.69 Å². The van der Waals surface area contributed by atoms with Crippen molar-refractivity contribution in [1.29, 1.82) is 0 Å². The summed E-state index contributed by atoms with van der Waals surface area (Å²) in [6, 6.07) is 5.53. The van der Waals surface area contributed by atoms with Crippen LogP contribution in [0.2, 0.25) is 0 Å². The molecule has 8 heteroatoms. The molecule has 4 aliphatic rings. The number of amides is 1. The quantitative estimate of drug-likeness (QED) is 0.673. The summed E-state index contributed by atoms with van der Waals surface area (Å²) in [5.41, 5.74) is 4.08. The van der Waals surface area contributed by atoms with Gasteiger partial charge in [-0.1, -0.05) is 6.92 Å². The van der Waals surface area contributed by atoms with Crippen molar-refractivity contribution in [2.75, 3.05) is 5.01 Å². The van der Waals surface area contributed by atoms with E-state index in [-0.39, 0.29) is 28.8 Å². The Balaban J connectivity index is 1.55. The zero-order chi connectivity index (χ0) is 21.8. The van der Waals surface area contributed by atoms with Gasteiger partial charge >= 0.3 is 0 Å². The second-order valence-electron chi connectivity index (χ2n) is 9.24. The third-order valence-electron chi connectivity index (χ3n) is 6.98. The molecule has 0 saturated heterocycles. The predicted molar refractivity (Wildman–Crippen MR) is 117 cm³/mol. The van der Waals surface area contributed by atoms with Gasteiger partial charge in [-0.25, -0.2) is 8.42 Å². The van der Waals surface area contributed by atoms with Crippen LogP contribution in [0.1, 0.15) is 69.8 Å². The molecule has 1 aliphatic heterocycles. The summed E-state index contributed by atoms with van der Waals surface area (Å²) in [6.07, 6.45) is 9.18. The lowest BCUT2D eigenvalue weighted by molar-refractivity contribution is -0.123. The molecular formula is C23H29N3O4S. The van der Waals surface area contributed by atoms with Crippen LogP contribution in [0.15, 0.2) is 35.4 Å². The minimum absolute atomic E-state index is 0.0546. The van der Waals surface area contributed by atoms with E-state index < -0.39 is 15.5 Å². The largest absolute Gasteiger partial charge is 0.328 e. The highest BCUT2D eigenvalue weighted by Gasteiger charge is 2.49. The molecule has 0 radical (unpaired) electrons. The fourth-order valence-corrected chi connectivity index (χ4v) is 6.86. The Kier molecular flexibility index (Phi) is 4.88. The van der Waals surface area contributed by atoms with Crippen LogP contribution in [-0.4, -0.2) is 31.0 Å². The van der Waals surface area contributed by atoms with E-state index in [2.05, 4.69) is 10.7 Å². The molecule has 3 saturated carbocycles. The fourth-order valence-electron chi connectivity index (χ4n) is 4.93. The number of nitrogens with one attached hydrogen (secondary N) is 2. The Morgan fingerprint density at radius 3 is 2.61 bits per heavy atom. The summed E-state index contributed by atoms with van der Waals surface area (Å²) >= 11 is 0. The number of carbonyl (C=O) groups excluding carboxylic acids is 2. The monoisotopic (exact) mass is 443 g/mol. The Morgan fingerprint density at radius 2 is 2.00 bits per heavy atom. The Morgan fingerprint density at radius 1 is 1.23 bits per heavy atom. The second kappa shape index (κ2) is 7.36.